The van der Waals surface area contributed by atoms with Gasteiger partial charge in [0.15, 0.2) is 0 Å². The van der Waals surface area contributed by atoms with E-state index >= 15 is 0 Å². The second kappa shape index (κ2) is 7.45. The van der Waals surface area contributed by atoms with Gasteiger partial charge < -0.3 is 10.4 Å². The summed E-state index contributed by atoms with van der Waals surface area (Å²) in [6.07, 6.45) is 0. The maximum absolute atomic E-state index is 12.3. The Kier molecular flexibility index (Phi) is 5.36. The zero-order valence-corrected chi connectivity index (χ0v) is 14.1. The van der Waals surface area contributed by atoms with E-state index in [9.17, 15) is 14.7 Å². The van der Waals surface area contributed by atoms with Crippen molar-refractivity contribution in [3.63, 3.8) is 0 Å². The number of nitrogens with zero attached hydrogens (tertiary/aromatic N) is 4. The highest BCUT2D eigenvalue weighted by molar-refractivity contribution is 14.1. The molecular formula is C15H8IN5O3. The van der Waals surface area contributed by atoms with Crippen molar-refractivity contribution in [2.45, 2.75) is 0 Å². The average molecular weight is 433 g/mol. The first-order chi connectivity index (χ1) is 11.5. The highest BCUT2D eigenvalue weighted by Gasteiger charge is 2.15. The Morgan fingerprint density at radius 1 is 1.29 bits per heavy atom. The summed E-state index contributed by atoms with van der Waals surface area (Å²) in [5.41, 5.74) is 9.19. The van der Waals surface area contributed by atoms with Gasteiger partial charge in [-0.2, -0.15) is 5.26 Å². The maximum Gasteiger partial charge on any atom is 0.337 e. The lowest BCUT2D eigenvalue weighted by Gasteiger charge is -2.09. The first-order valence-electron chi connectivity index (χ1n) is 6.39. The van der Waals surface area contributed by atoms with Crippen molar-refractivity contribution in [1.29, 1.82) is 5.26 Å². The second-order valence-electron chi connectivity index (χ2n) is 4.49. The van der Waals surface area contributed by atoms with Crippen LogP contribution in [0.5, 0.6) is 0 Å². The molecule has 2 aromatic rings. The van der Waals surface area contributed by atoms with E-state index in [0.29, 0.717) is 9.26 Å². The highest BCUT2D eigenvalue weighted by Crippen LogP contribution is 2.24. The van der Waals surface area contributed by atoms with E-state index in [1.54, 1.807) is 0 Å². The van der Waals surface area contributed by atoms with Gasteiger partial charge in [0, 0.05) is 14.0 Å². The molecule has 1 amide bonds. The van der Waals surface area contributed by atoms with Crippen molar-refractivity contribution in [3.05, 3.63) is 67.1 Å². The number of nitrogens with one attached hydrogen (secondary N) is 1. The van der Waals surface area contributed by atoms with E-state index in [2.05, 4.69) is 15.3 Å². The Bertz CT molecular complexity index is 929. The molecule has 2 rings (SSSR count). The van der Waals surface area contributed by atoms with Crippen LogP contribution in [0.15, 0.2) is 41.5 Å². The van der Waals surface area contributed by atoms with Crippen LogP contribution in [0.4, 0.5) is 11.4 Å². The van der Waals surface area contributed by atoms with Crippen molar-refractivity contribution in [1.82, 2.24) is 0 Å². The summed E-state index contributed by atoms with van der Waals surface area (Å²) in [4.78, 5) is 26.2. The molecule has 2 N–H and O–H groups in total. The first kappa shape index (κ1) is 17.3. The third kappa shape index (κ3) is 3.81. The average Bonchev–Trinajstić information content (AvgIpc) is 2.56. The molecule has 0 aliphatic carbocycles. The molecule has 9 heteroatoms. The second-order valence-corrected chi connectivity index (χ2v) is 5.65. The van der Waals surface area contributed by atoms with Gasteiger partial charge in [-0.25, -0.2) is 4.79 Å². The van der Waals surface area contributed by atoms with E-state index in [-0.39, 0.29) is 22.4 Å². The SMILES string of the molecule is N#Cc1ccc(NC(=O)c2ccc(N=[N+]=[N-])c(I)c2)c(C(=O)O)c1. The molecule has 0 aliphatic rings. The van der Waals surface area contributed by atoms with Gasteiger partial charge in [0.1, 0.15) is 0 Å². The monoisotopic (exact) mass is 433 g/mol. The lowest BCUT2D eigenvalue weighted by molar-refractivity contribution is 0.0698. The van der Waals surface area contributed by atoms with E-state index < -0.39 is 11.9 Å². The number of carbonyl (C=O) groups is 2. The number of anilines is 1. The lowest BCUT2D eigenvalue weighted by Crippen LogP contribution is -2.15. The molecule has 0 fully saturated rings. The molecule has 0 atom stereocenters. The minimum Gasteiger partial charge on any atom is -0.478 e. The van der Waals surface area contributed by atoms with Gasteiger partial charge in [0.25, 0.3) is 5.91 Å². The number of aromatic carboxylic acids is 1. The fourth-order valence-electron chi connectivity index (χ4n) is 1.87. The van der Waals surface area contributed by atoms with Crippen LogP contribution in [0.25, 0.3) is 10.4 Å². The molecule has 0 aliphatic heterocycles. The smallest absolute Gasteiger partial charge is 0.337 e. The van der Waals surface area contributed by atoms with Gasteiger partial charge in [-0.15, -0.1) is 0 Å². The molecule has 0 aromatic heterocycles. The van der Waals surface area contributed by atoms with E-state index in [4.69, 9.17) is 10.8 Å². The van der Waals surface area contributed by atoms with Crippen molar-refractivity contribution in [2.24, 2.45) is 5.11 Å². The predicted octanol–water partition coefficient (Wildman–Crippen LogP) is 4.06. The fraction of sp³-hybridized carbons (Fsp3) is 0. The largest absolute Gasteiger partial charge is 0.478 e. The number of amides is 1. The van der Waals surface area contributed by atoms with Gasteiger partial charge >= 0.3 is 5.97 Å². The Morgan fingerprint density at radius 2 is 2.04 bits per heavy atom. The summed E-state index contributed by atoms with van der Waals surface area (Å²) in [5.74, 6) is -1.77. The predicted molar refractivity (Wildman–Crippen MR) is 94.0 cm³/mol. The number of hydrogen-bond acceptors (Lipinski definition) is 4. The molecule has 0 spiro atoms. The molecule has 0 heterocycles. The zero-order valence-electron chi connectivity index (χ0n) is 11.9. The molecule has 118 valence electrons. The van der Waals surface area contributed by atoms with Gasteiger partial charge in [-0.1, -0.05) is 11.2 Å². The normalized spacial score (nSPS) is 9.50. The van der Waals surface area contributed by atoms with E-state index in [0.717, 1.165) is 0 Å². The van der Waals surface area contributed by atoms with Gasteiger partial charge in [-0.3, -0.25) is 4.79 Å². The standard InChI is InChI=1S/C15H8IN5O3/c16-11-6-9(2-4-13(11)20-21-18)14(22)19-12-3-1-8(7-17)5-10(12)15(23)24/h1-6H,(H,19,22)(H,23,24). The van der Waals surface area contributed by atoms with E-state index in [1.165, 1.54) is 36.4 Å². The van der Waals surface area contributed by atoms with Crippen LogP contribution >= 0.6 is 22.6 Å². The number of carbonyl (C=O) groups excluding carboxylic acids is 1. The summed E-state index contributed by atoms with van der Waals surface area (Å²) >= 11 is 1.93. The van der Waals surface area contributed by atoms with Gasteiger partial charge in [0.2, 0.25) is 0 Å². The van der Waals surface area contributed by atoms with E-state index in [1.807, 2.05) is 28.7 Å². The minimum atomic E-state index is -1.25. The summed E-state index contributed by atoms with van der Waals surface area (Å²) in [6, 6.07) is 10.3. The van der Waals surface area contributed by atoms with Gasteiger partial charge in [-0.05, 0) is 58.5 Å². The molecule has 0 bridgehead atoms. The summed E-state index contributed by atoms with van der Waals surface area (Å²) in [5, 5.41) is 24.0. The number of azide groups is 1. The number of rotatable bonds is 4. The van der Waals surface area contributed by atoms with Crippen LogP contribution in [-0.2, 0) is 0 Å². The molecule has 0 unspecified atom stereocenters. The molecule has 0 saturated carbocycles. The van der Waals surface area contributed by atoms with Crippen LogP contribution in [0.3, 0.4) is 0 Å². The summed E-state index contributed by atoms with van der Waals surface area (Å²) in [6.45, 7) is 0. The number of nitriles is 1. The molecule has 2 aromatic carbocycles. The summed E-state index contributed by atoms with van der Waals surface area (Å²) in [7, 11) is 0. The maximum atomic E-state index is 12.3. The molecule has 8 nitrogen and oxygen atoms in total. The Labute approximate surface area is 149 Å². The Balaban J connectivity index is 2.33. The van der Waals surface area contributed by atoms with Crippen LogP contribution < -0.4 is 5.32 Å². The van der Waals surface area contributed by atoms with Crippen molar-refractivity contribution >= 4 is 45.8 Å². The quantitative estimate of drug-likeness (QED) is 0.325. The summed E-state index contributed by atoms with van der Waals surface area (Å²) < 4.78 is 0.580. The van der Waals surface area contributed by atoms with Crippen LogP contribution in [0.2, 0.25) is 0 Å². The minimum absolute atomic E-state index is 0.0839. The van der Waals surface area contributed by atoms with Gasteiger partial charge in [0.05, 0.1) is 28.6 Å². The molecule has 24 heavy (non-hydrogen) atoms. The van der Waals surface area contributed by atoms with Crippen LogP contribution in [0, 0.1) is 14.9 Å². The van der Waals surface area contributed by atoms with Crippen LogP contribution in [-0.4, -0.2) is 17.0 Å². The molecule has 0 saturated heterocycles. The lowest BCUT2D eigenvalue weighted by atomic mass is 10.1. The third-order valence-corrected chi connectivity index (χ3v) is 3.85. The number of halogens is 1. The number of benzene rings is 2. The Hall–Kier alpha value is -3.09. The Morgan fingerprint density at radius 3 is 2.62 bits per heavy atom. The van der Waals surface area contributed by atoms with Crippen molar-refractivity contribution < 1.29 is 14.7 Å². The van der Waals surface area contributed by atoms with Crippen LogP contribution in [0.1, 0.15) is 26.3 Å². The number of carboxylic acids is 1. The fourth-order valence-corrected chi connectivity index (χ4v) is 2.49. The first-order valence-corrected chi connectivity index (χ1v) is 7.47. The topological polar surface area (TPSA) is 139 Å². The molecular weight excluding hydrogens is 425 g/mol. The third-order valence-electron chi connectivity index (χ3n) is 2.99. The number of carboxylic acid groups (broad SMARTS) is 1. The molecule has 0 radical (unpaired) electrons. The highest BCUT2D eigenvalue weighted by atomic mass is 127. The number of hydrogen-bond donors (Lipinski definition) is 2. The van der Waals surface area contributed by atoms with Crippen molar-refractivity contribution in [2.75, 3.05) is 5.32 Å². The zero-order chi connectivity index (χ0) is 17.7. The van der Waals surface area contributed by atoms with Crippen molar-refractivity contribution in [3.8, 4) is 6.07 Å².